The van der Waals surface area contributed by atoms with Crippen LogP contribution < -0.4 is 5.73 Å². The first kappa shape index (κ1) is 12.9. The quantitative estimate of drug-likeness (QED) is 0.752. The summed E-state index contributed by atoms with van der Waals surface area (Å²) in [5, 5.41) is 4.01. The van der Waals surface area contributed by atoms with Crippen LogP contribution >= 0.6 is 15.9 Å². The summed E-state index contributed by atoms with van der Waals surface area (Å²) in [5.74, 6) is -0.0801. The fraction of sp³-hybridized carbons (Fsp3) is 0. The molecule has 100 valence electrons. The molecule has 0 unspecified atom stereocenters. The van der Waals surface area contributed by atoms with Gasteiger partial charge in [-0.3, -0.25) is 0 Å². The molecule has 0 fully saturated rings. The number of anilines is 1. The monoisotopic (exact) mass is 332 g/mol. The van der Waals surface area contributed by atoms with Crippen LogP contribution in [-0.4, -0.2) is 5.16 Å². The molecule has 0 saturated carbocycles. The third-order valence-electron chi connectivity index (χ3n) is 2.97. The second-order valence-electron chi connectivity index (χ2n) is 4.28. The Bertz CT molecular complexity index is 736. The average molecular weight is 333 g/mol. The third-order valence-corrected chi connectivity index (χ3v) is 3.50. The summed E-state index contributed by atoms with van der Waals surface area (Å²) in [6.45, 7) is 0. The van der Waals surface area contributed by atoms with Crippen LogP contribution in [-0.2, 0) is 0 Å². The summed E-state index contributed by atoms with van der Waals surface area (Å²) in [5.41, 5.74) is 8.81. The molecule has 0 radical (unpaired) electrons. The Morgan fingerprint density at radius 3 is 2.20 bits per heavy atom. The Morgan fingerprint density at radius 2 is 1.55 bits per heavy atom. The fourth-order valence-corrected chi connectivity index (χ4v) is 2.27. The highest BCUT2D eigenvalue weighted by atomic mass is 79.9. The van der Waals surface area contributed by atoms with Gasteiger partial charge < -0.3 is 10.3 Å². The molecule has 0 aliphatic heterocycles. The molecule has 0 aliphatic rings. The molecule has 20 heavy (non-hydrogen) atoms. The molecule has 2 aromatic carbocycles. The first-order valence-corrected chi connectivity index (χ1v) is 6.71. The molecule has 1 aromatic heterocycles. The van der Waals surface area contributed by atoms with Gasteiger partial charge in [-0.2, -0.15) is 0 Å². The molecule has 3 nitrogen and oxygen atoms in total. The maximum atomic E-state index is 13.0. The smallest absolute Gasteiger partial charge is 0.230 e. The number of nitrogen functional groups attached to an aromatic ring is 1. The van der Waals surface area contributed by atoms with Gasteiger partial charge in [0.25, 0.3) is 0 Å². The van der Waals surface area contributed by atoms with E-state index in [1.807, 2.05) is 24.3 Å². The zero-order valence-corrected chi connectivity index (χ0v) is 11.9. The summed E-state index contributed by atoms with van der Waals surface area (Å²) < 4.78 is 19.1. The average Bonchev–Trinajstić information content (AvgIpc) is 2.83. The van der Waals surface area contributed by atoms with Crippen molar-refractivity contribution in [3.63, 3.8) is 0 Å². The summed E-state index contributed by atoms with van der Waals surface area (Å²) in [6.07, 6.45) is 0. The van der Waals surface area contributed by atoms with Gasteiger partial charge in [0.1, 0.15) is 11.5 Å². The van der Waals surface area contributed by atoms with Crippen molar-refractivity contribution in [2.24, 2.45) is 0 Å². The Hall–Kier alpha value is -2.14. The van der Waals surface area contributed by atoms with Gasteiger partial charge in [-0.15, -0.1) is 0 Å². The number of rotatable bonds is 2. The molecule has 0 spiro atoms. The fourth-order valence-electron chi connectivity index (χ4n) is 2.00. The van der Waals surface area contributed by atoms with Crippen molar-refractivity contribution >= 4 is 21.8 Å². The number of halogens is 2. The van der Waals surface area contributed by atoms with Crippen LogP contribution in [0.3, 0.4) is 0 Å². The maximum Gasteiger partial charge on any atom is 0.230 e. The molecular weight excluding hydrogens is 323 g/mol. The van der Waals surface area contributed by atoms with E-state index >= 15 is 0 Å². The number of hydrogen-bond donors (Lipinski definition) is 1. The number of benzene rings is 2. The van der Waals surface area contributed by atoms with E-state index < -0.39 is 0 Å². The van der Waals surface area contributed by atoms with Crippen molar-refractivity contribution in [3.05, 3.63) is 58.8 Å². The minimum absolute atomic E-state index is 0.217. The van der Waals surface area contributed by atoms with E-state index in [1.165, 1.54) is 12.1 Å². The lowest BCUT2D eigenvalue weighted by Gasteiger charge is -2.03. The zero-order valence-electron chi connectivity index (χ0n) is 10.3. The molecule has 3 aromatic rings. The predicted molar refractivity (Wildman–Crippen MR) is 79.4 cm³/mol. The molecule has 3 rings (SSSR count). The minimum Gasteiger partial charge on any atom is -0.367 e. The topological polar surface area (TPSA) is 52.0 Å². The highest BCUT2D eigenvalue weighted by Crippen LogP contribution is 2.36. The van der Waals surface area contributed by atoms with E-state index in [0.717, 1.165) is 15.6 Å². The van der Waals surface area contributed by atoms with Gasteiger partial charge in [-0.05, 0) is 29.8 Å². The minimum atomic E-state index is -0.297. The number of hydrogen-bond acceptors (Lipinski definition) is 3. The van der Waals surface area contributed by atoms with Crippen molar-refractivity contribution in [1.82, 2.24) is 5.16 Å². The van der Waals surface area contributed by atoms with E-state index in [9.17, 15) is 4.39 Å². The van der Waals surface area contributed by atoms with E-state index in [-0.39, 0.29) is 11.7 Å². The molecule has 0 aliphatic carbocycles. The summed E-state index contributed by atoms with van der Waals surface area (Å²) in [6, 6.07) is 13.7. The van der Waals surface area contributed by atoms with E-state index in [4.69, 9.17) is 10.3 Å². The summed E-state index contributed by atoms with van der Waals surface area (Å²) >= 11 is 3.38. The molecule has 0 amide bonds. The second kappa shape index (κ2) is 5.09. The Labute approximate surface area is 123 Å². The van der Waals surface area contributed by atoms with E-state index in [0.29, 0.717) is 11.3 Å². The number of nitrogens with zero attached hydrogens (tertiary/aromatic N) is 1. The van der Waals surface area contributed by atoms with Crippen molar-refractivity contribution in [2.45, 2.75) is 0 Å². The summed E-state index contributed by atoms with van der Waals surface area (Å²) in [7, 11) is 0. The third kappa shape index (κ3) is 2.32. The largest absolute Gasteiger partial charge is 0.367 e. The van der Waals surface area contributed by atoms with Crippen LogP contribution in [0, 0.1) is 5.82 Å². The molecule has 0 bridgehead atoms. The van der Waals surface area contributed by atoms with Gasteiger partial charge >= 0.3 is 0 Å². The van der Waals surface area contributed by atoms with E-state index in [2.05, 4.69) is 21.1 Å². The second-order valence-corrected chi connectivity index (χ2v) is 5.20. The Morgan fingerprint density at radius 1 is 0.950 bits per heavy atom. The normalized spacial score (nSPS) is 10.7. The van der Waals surface area contributed by atoms with Crippen LogP contribution in [0.4, 0.5) is 10.3 Å². The highest BCUT2D eigenvalue weighted by Gasteiger charge is 2.17. The molecule has 1 heterocycles. The van der Waals surface area contributed by atoms with Crippen LogP contribution in [0.5, 0.6) is 0 Å². The first-order chi connectivity index (χ1) is 9.65. The van der Waals surface area contributed by atoms with E-state index in [1.54, 1.807) is 12.1 Å². The van der Waals surface area contributed by atoms with Gasteiger partial charge in [0.05, 0.1) is 5.56 Å². The van der Waals surface area contributed by atoms with Gasteiger partial charge in [0.15, 0.2) is 0 Å². The number of nitrogens with two attached hydrogens (primary N) is 1. The van der Waals surface area contributed by atoms with Crippen LogP contribution in [0.2, 0.25) is 0 Å². The van der Waals surface area contributed by atoms with Gasteiger partial charge in [0, 0.05) is 10.0 Å². The number of aromatic nitrogens is 1. The SMILES string of the molecule is Nc1onc(-c2ccc(Br)cc2)c1-c1ccc(F)cc1. The van der Waals surface area contributed by atoms with Crippen molar-refractivity contribution in [2.75, 3.05) is 5.73 Å². The molecule has 0 saturated heterocycles. The molecule has 0 atom stereocenters. The van der Waals surface area contributed by atoms with Crippen LogP contribution in [0.1, 0.15) is 0 Å². The van der Waals surface area contributed by atoms with Crippen LogP contribution in [0.15, 0.2) is 57.5 Å². The van der Waals surface area contributed by atoms with Crippen molar-refractivity contribution in [3.8, 4) is 22.4 Å². The Kier molecular flexibility index (Phi) is 3.28. The zero-order chi connectivity index (χ0) is 14.1. The highest BCUT2D eigenvalue weighted by molar-refractivity contribution is 9.10. The molecule has 5 heteroatoms. The van der Waals surface area contributed by atoms with Gasteiger partial charge in [0.2, 0.25) is 5.88 Å². The Balaban J connectivity index is 2.14. The van der Waals surface area contributed by atoms with Crippen LogP contribution in [0.25, 0.3) is 22.4 Å². The van der Waals surface area contributed by atoms with Gasteiger partial charge in [-0.1, -0.05) is 45.4 Å². The molecular formula is C15H10BrFN2O. The standard InChI is InChI=1S/C15H10BrFN2O/c16-11-5-1-10(2-6-11)14-13(15(18)20-19-14)9-3-7-12(17)8-4-9/h1-8H,18H2. The lowest BCUT2D eigenvalue weighted by molar-refractivity contribution is 0.439. The predicted octanol–water partition coefficient (Wildman–Crippen LogP) is 4.49. The van der Waals surface area contributed by atoms with Crippen molar-refractivity contribution in [1.29, 1.82) is 0 Å². The molecule has 2 N–H and O–H groups in total. The maximum absolute atomic E-state index is 13.0. The first-order valence-electron chi connectivity index (χ1n) is 5.92. The summed E-state index contributed by atoms with van der Waals surface area (Å²) in [4.78, 5) is 0. The van der Waals surface area contributed by atoms with Crippen molar-refractivity contribution < 1.29 is 8.91 Å². The lowest BCUT2D eigenvalue weighted by Crippen LogP contribution is -1.88. The van der Waals surface area contributed by atoms with Gasteiger partial charge in [-0.25, -0.2) is 4.39 Å². The lowest BCUT2D eigenvalue weighted by atomic mass is 10.0.